The highest BCUT2D eigenvalue weighted by Gasteiger charge is 2.25. The number of rotatable bonds is 4. The van der Waals surface area contributed by atoms with Crippen LogP contribution in [-0.2, 0) is 4.74 Å². The smallest absolute Gasteiger partial charge is 0.290 e. The molecule has 5 heteroatoms. The van der Waals surface area contributed by atoms with Gasteiger partial charge in [0, 0.05) is 24.8 Å². The molecule has 2 heterocycles. The van der Waals surface area contributed by atoms with Gasteiger partial charge in [0.15, 0.2) is 0 Å². The molecule has 1 N–H and O–H groups in total. The third-order valence-electron chi connectivity index (χ3n) is 4.01. The molecule has 1 amide bonds. The van der Waals surface area contributed by atoms with E-state index in [1.54, 1.807) is 6.07 Å². The highest BCUT2D eigenvalue weighted by molar-refractivity contribution is 5.92. The molecule has 5 nitrogen and oxygen atoms in total. The molecule has 0 bridgehead atoms. The zero-order valence-electron chi connectivity index (χ0n) is 12.7. The molecule has 1 unspecified atom stereocenters. The molecule has 118 valence electrons. The van der Waals surface area contributed by atoms with Crippen molar-refractivity contribution in [3.8, 4) is 23.6 Å². The maximum Gasteiger partial charge on any atom is 0.290 e. The molecule has 1 aromatic heterocycles. The normalized spacial score (nSPS) is 16.5. The molecule has 0 spiro atoms. The molecule has 1 fully saturated rings. The van der Waals surface area contributed by atoms with Gasteiger partial charge in [0.05, 0.1) is 6.04 Å². The van der Waals surface area contributed by atoms with Crippen LogP contribution >= 0.6 is 0 Å². The lowest BCUT2D eigenvalue weighted by Gasteiger charge is -2.27. The lowest BCUT2D eigenvalue weighted by Crippen LogP contribution is -2.41. The number of carbonyl (C=O) groups is 1. The second-order valence-corrected chi connectivity index (χ2v) is 5.51. The maximum absolute atomic E-state index is 12.3. The van der Waals surface area contributed by atoms with Gasteiger partial charge in [0.25, 0.3) is 5.91 Å². The zero-order valence-corrected chi connectivity index (χ0v) is 12.7. The van der Waals surface area contributed by atoms with Crippen molar-refractivity contribution < 1.29 is 14.1 Å². The van der Waals surface area contributed by atoms with E-state index in [1.807, 2.05) is 30.3 Å². The van der Waals surface area contributed by atoms with Gasteiger partial charge >= 0.3 is 0 Å². The summed E-state index contributed by atoms with van der Waals surface area (Å²) < 4.78 is 10.5. The molecule has 2 aromatic rings. The molecule has 3 rings (SSSR count). The molecule has 23 heavy (non-hydrogen) atoms. The summed E-state index contributed by atoms with van der Waals surface area (Å²) in [6, 6.07) is 10.9. The minimum atomic E-state index is -0.339. The molecule has 0 saturated carbocycles. The minimum Gasteiger partial charge on any atom is -0.381 e. The van der Waals surface area contributed by atoms with E-state index in [0.29, 0.717) is 18.9 Å². The number of nitrogens with zero attached hydrogens (tertiary/aromatic N) is 1. The second kappa shape index (κ2) is 7.12. The predicted octanol–water partition coefficient (Wildman–Crippen LogP) is 2.50. The first kappa shape index (κ1) is 15.3. The minimum absolute atomic E-state index is 0.163. The van der Waals surface area contributed by atoms with Crippen LogP contribution in [0.3, 0.4) is 0 Å². The van der Waals surface area contributed by atoms with E-state index in [-0.39, 0.29) is 23.6 Å². The number of hydrogen-bond acceptors (Lipinski definition) is 4. The Morgan fingerprint density at radius 3 is 2.74 bits per heavy atom. The summed E-state index contributed by atoms with van der Waals surface area (Å²) in [6.07, 6.45) is 7.27. The fourth-order valence-electron chi connectivity index (χ4n) is 2.68. The van der Waals surface area contributed by atoms with E-state index in [9.17, 15) is 4.79 Å². The number of terminal acetylenes is 1. The Balaban J connectivity index is 1.68. The van der Waals surface area contributed by atoms with Crippen LogP contribution in [0.15, 0.2) is 40.9 Å². The summed E-state index contributed by atoms with van der Waals surface area (Å²) in [5, 5.41) is 6.80. The Labute approximate surface area is 135 Å². The lowest BCUT2D eigenvalue weighted by molar-refractivity contribution is 0.0574. The molecule has 0 radical (unpaired) electrons. The summed E-state index contributed by atoms with van der Waals surface area (Å²) >= 11 is 0. The SMILES string of the molecule is C#CC(NC(=O)c1cc(-c2ccccc2)no1)C1CCOCC1. The van der Waals surface area contributed by atoms with E-state index < -0.39 is 0 Å². The number of benzene rings is 1. The van der Waals surface area contributed by atoms with Crippen LogP contribution in [0.2, 0.25) is 0 Å². The number of carbonyl (C=O) groups excluding carboxylic acids is 1. The second-order valence-electron chi connectivity index (χ2n) is 5.51. The topological polar surface area (TPSA) is 64.4 Å². The number of aromatic nitrogens is 1. The van der Waals surface area contributed by atoms with E-state index in [0.717, 1.165) is 18.4 Å². The molecule has 1 aromatic carbocycles. The van der Waals surface area contributed by atoms with Gasteiger partial charge in [-0.3, -0.25) is 4.79 Å². The van der Waals surface area contributed by atoms with Crippen LogP contribution < -0.4 is 5.32 Å². The average Bonchev–Trinajstić information content (AvgIpc) is 3.11. The number of hydrogen-bond donors (Lipinski definition) is 1. The molecule has 0 aliphatic carbocycles. The van der Waals surface area contributed by atoms with Crippen LogP contribution in [0.25, 0.3) is 11.3 Å². The van der Waals surface area contributed by atoms with Crippen molar-refractivity contribution >= 4 is 5.91 Å². The van der Waals surface area contributed by atoms with Crippen molar-refractivity contribution in [2.24, 2.45) is 5.92 Å². The van der Waals surface area contributed by atoms with E-state index in [1.165, 1.54) is 0 Å². The number of nitrogens with one attached hydrogen (secondary N) is 1. The van der Waals surface area contributed by atoms with Gasteiger partial charge < -0.3 is 14.6 Å². The van der Waals surface area contributed by atoms with Gasteiger partial charge in [-0.25, -0.2) is 0 Å². The first-order valence-electron chi connectivity index (χ1n) is 7.65. The van der Waals surface area contributed by atoms with Gasteiger partial charge in [0.1, 0.15) is 5.69 Å². The van der Waals surface area contributed by atoms with Gasteiger partial charge in [-0.1, -0.05) is 41.4 Å². The largest absolute Gasteiger partial charge is 0.381 e. The van der Waals surface area contributed by atoms with Crippen molar-refractivity contribution in [3.63, 3.8) is 0 Å². The summed E-state index contributed by atoms with van der Waals surface area (Å²) in [5.41, 5.74) is 1.52. The summed E-state index contributed by atoms with van der Waals surface area (Å²) in [4.78, 5) is 12.3. The molecular weight excluding hydrogens is 292 g/mol. The maximum atomic E-state index is 12.3. The van der Waals surface area contributed by atoms with Crippen LogP contribution in [0, 0.1) is 18.3 Å². The van der Waals surface area contributed by atoms with Gasteiger partial charge in [0.2, 0.25) is 5.76 Å². The van der Waals surface area contributed by atoms with Crippen LogP contribution in [0.5, 0.6) is 0 Å². The Bertz CT molecular complexity index is 697. The monoisotopic (exact) mass is 310 g/mol. The highest BCUT2D eigenvalue weighted by Crippen LogP contribution is 2.21. The van der Waals surface area contributed by atoms with Crippen molar-refractivity contribution in [3.05, 3.63) is 42.2 Å². The van der Waals surface area contributed by atoms with Crippen molar-refractivity contribution in [2.75, 3.05) is 13.2 Å². The average molecular weight is 310 g/mol. The van der Waals surface area contributed by atoms with E-state index >= 15 is 0 Å². The Hall–Kier alpha value is -2.58. The van der Waals surface area contributed by atoms with Gasteiger partial charge in [-0.05, 0) is 18.8 Å². The lowest BCUT2D eigenvalue weighted by atomic mass is 9.92. The zero-order chi connectivity index (χ0) is 16.1. The third-order valence-corrected chi connectivity index (χ3v) is 4.01. The summed E-state index contributed by atoms with van der Waals surface area (Å²) in [5.74, 6) is 2.72. The Morgan fingerprint density at radius 2 is 2.04 bits per heavy atom. The first-order valence-corrected chi connectivity index (χ1v) is 7.65. The quantitative estimate of drug-likeness (QED) is 0.881. The molecular formula is C18H18N2O3. The third kappa shape index (κ3) is 3.61. The molecule has 1 atom stereocenters. The van der Waals surface area contributed by atoms with E-state index in [4.69, 9.17) is 15.7 Å². The predicted molar refractivity (Wildman–Crippen MR) is 85.6 cm³/mol. The number of amides is 1. The Kier molecular flexibility index (Phi) is 4.74. The van der Waals surface area contributed by atoms with Crippen LogP contribution in [0.1, 0.15) is 23.4 Å². The van der Waals surface area contributed by atoms with Crippen molar-refractivity contribution in [1.82, 2.24) is 10.5 Å². The Morgan fingerprint density at radius 1 is 1.30 bits per heavy atom. The van der Waals surface area contributed by atoms with E-state index in [2.05, 4.69) is 16.4 Å². The molecule has 1 aliphatic heterocycles. The molecule has 1 aliphatic rings. The molecule has 1 saturated heterocycles. The summed E-state index contributed by atoms with van der Waals surface area (Å²) in [7, 11) is 0. The van der Waals surface area contributed by atoms with Crippen molar-refractivity contribution in [1.29, 1.82) is 0 Å². The fourth-order valence-corrected chi connectivity index (χ4v) is 2.68. The summed E-state index contributed by atoms with van der Waals surface area (Å²) in [6.45, 7) is 1.36. The first-order chi connectivity index (χ1) is 11.3. The highest BCUT2D eigenvalue weighted by atomic mass is 16.5. The van der Waals surface area contributed by atoms with Crippen LogP contribution in [0.4, 0.5) is 0 Å². The van der Waals surface area contributed by atoms with Gasteiger partial charge in [-0.2, -0.15) is 0 Å². The van der Waals surface area contributed by atoms with Crippen molar-refractivity contribution in [2.45, 2.75) is 18.9 Å². The van der Waals surface area contributed by atoms with Gasteiger partial charge in [-0.15, -0.1) is 6.42 Å². The van der Waals surface area contributed by atoms with Crippen LogP contribution in [-0.4, -0.2) is 30.3 Å². The standard InChI is InChI=1S/C18H18N2O3/c1-2-15(14-8-10-22-11-9-14)19-18(21)17-12-16(20-23-17)13-6-4-3-5-7-13/h1,3-7,12,14-15H,8-11H2,(H,19,21). The fraction of sp³-hybridized carbons (Fsp3) is 0.333. The number of ether oxygens (including phenoxy) is 1.